The molecule has 0 aliphatic heterocycles. The highest BCUT2D eigenvalue weighted by atomic mass is 35.5. The third-order valence-electron chi connectivity index (χ3n) is 3.43. The van der Waals surface area contributed by atoms with Crippen molar-refractivity contribution >= 4 is 11.6 Å². The number of pyridine rings is 1. The van der Waals surface area contributed by atoms with Gasteiger partial charge in [0.2, 0.25) is 0 Å². The molecule has 0 atom stereocenters. The highest BCUT2D eigenvalue weighted by Gasteiger charge is 2.32. The molecule has 3 nitrogen and oxygen atoms in total. The van der Waals surface area contributed by atoms with Gasteiger partial charge in [0.1, 0.15) is 5.82 Å². The first-order valence-electron chi connectivity index (χ1n) is 6.17. The van der Waals surface area contributed by atoms with Crippen LogP contribution in [0.4, 0.5) is 4.39 Å². The van der Waals surface area contributed by atoms with Crippen molar-refractivity contribution in [3.63, 3.8) is 0 Å². The van der Waals surface area contributed by atoms with Gasteiger partial charge in [-0.15, -0.1) is 0 Å². The van der Waals surface area contributed by atoms with E-state index in [1.54, 1.807) is 24.4 Å². The summed E-state index contributed by atoms with van der Waals surface area (Å²) in [5.74, 6) is -0.408. The lowest BCUT2D eigenvalue weighted by molar-refractivity contribution is 0.116. The summed E-state index contributed by atoms with van der Waals surface area (Å²) in [5, 5.41) is 19.9. The Morgan fingerprint density at radius 2 is 1.95 bits per heavy atom. The van der Waals surface area contributed by atoms with Crippen LogP contribution in [0, 0.1) is 5.82 Å². The van der Waals surface area contributed by atoms with Crippen LogP contribution in [0.1, 0.15) is 11.1 Å². The topological polar surface area (TPSA) is 53.4 Å². The van der Waals surface area contributed by atoms with Crippen molar-refractivity contribution in [2.45, 2.75) is 11.8 Å². The van der Waals surface area contributed by atoms with Gasteiger partial charge in [0.05, 0.1) is 18.2 Å². The van der Waals surface area contributed by atoms with E-state index in [-0.39, 0.29) is 13.2 Å². The van der Waals surface area contributed by atoms with E-state index in [0.29, 0.717) is 17.0 Å². The normalized spacial score (nSPS) is 11.6. The Kier molecular flexibility index (Phi) is 4.70. The Hall–Kier alpha value is -1.49. The summed E-state index contributed by atoms with van der Waals surface area (Å²) in [4.78, 5) is 3.90. The molecule has 0 radical (unpaired) electrons. The van der Waals surface area contributed by atoms with Crippen LogP contribution in [0.3, 0.4) is 0 Å². The first-order valence-corrected chi connectivity index (χ1v) is 6.55. The number of aliphatic hydroxyl groups is 2. The molecule has 0 amide bonds. The lowest BCUT2D eigenvalue weighted by Gasteiger charge is -2.31. The Morgan fingerprint density at radius 3 is 2.55 bits per heavy atom. The maximum atomic E-state index is 13.4. The van der Waals surface area contributed by atoms with Crippen LogP contribution in [0.15, 0.2) is 42.7 Å². The number of hydrogen-bond donors (Lipinski definition) is 2. The van der Waals surface area contributed by atoms with Gasteiger partial charge in [-0.3, -0.25) is 4.98 Å². The molecule has 0 aliphatic rings. The van der Waals surface area contributed by atoms with Crippen molar-refractivity contribution in [3.05, 3.63) is 64.7 Å². The van der Waals surface area contributed by atoms with Crippen molar-refractivity contribution in [1.82, 2.24) is 4.98 Å². The number of hydrogen-bond acceptors (Lipinski definition) is 3. The van der Waals surface area contributed by atoms with E-state index in [1.165, 1.54) is 18.3 Å². The predicted molar refractivity (Wildman–Crippen MR) is 75.2 cm³/mol. The van der Waals surface area contributed by atoms with Gasteiger partial charge in [-0.05, 0) is 35.7 Å². The molecule has 1 heterocycles. The molecule has 0 fully saturated rings. The Morgan fingerprint density at radius 1 is 1.20 bits per heavy atom. The SMILES string of the molecule is OCC(CO)(Cc1ccncc1Cl)c1cccc(F)c1. The number of benzene rings is 1. The van der Waals surface area contributed by atoms with Crippen molar-refractivity contribution in [2.24, 2.45) is 0 Å². The minimum Gasteiger partial charge on any atom is -0.395 e. The molecule has 0 saturated carbocycles. The van der Waals surface area contributed by atoms with E-state index < -0.39 is 11.2 Å². The second-order valence-electron chi connectivity index (χ2n) is 4.75. The fraction of sp³-hybridized carbons (Fsp3) is 0.267. The molecule has 1 aromatic heterocycles. The number of halogens is 2. The van der Waals surface area contributed by atoms with Crippen LogP contribution >= 0.6 is 11.6 Å². The summed E-state index contributed by atoms with van der Waals surface area (Å²) in [6.07, 6.45) is 3.39. The van der Waals surface area contributed by atoms with Gasteiger partial charge in [0.25, 0.3) is 0 Å². The van der Waals surface area contributed by atoms with Gasteiger partial charge in [0, 0.05) is 17.8 Å². The van der Waals surface area contributed by atoms with Crippen LogP contribution in [0.5, 0.6) is 0 Å². The van der Waals surface area contributed by atoms with Gasteiger partial charge in [-0.2, -0.15) is 0 Å². The second kappa shape index (κ2) is 6.31. The molecule has 0 bridgehead atoms. The predicted octanol–water partition coefficient (Wildman–Crippen LogP) is 2.34. The zero-order valence-corrected chi connectivity index (χ0v) is 11.5. The molecule has 2 aromatic rings. The maximum Gasteiger partial charge on any atom is 0.123 e. The molecule has 2 N–H and O–H groups in total. The average molecular weight is 296 g/mol. The van der Waals surface area contributed by atoms with Crippen LogP contribution in [0.2, 0.25) is 5.02 Å². The second-order valence-corrected chi connectivity index (χ2v) is 5.16. The molecule has 5 heteroatoms. The lowest BCUT2D eigenvalue weighted by atomic mass is 9.77. The largest absolute Gasteiger partial charge is 0.395 e. The summed E-state index contributed by atoms with van der Waals surface area (Å²) in [7, 11) is 0. The first kappa shape index (κ1) is 14.9. The van der Waals surface area contributed by atoms with Gasteiger partial charge < -0.3 is 10.2 Å². The smallest absolute Gasteiger partial charge is 0.123 e. The molecule has 0 saturated heterocycles. The molecule has 0 spiro atoms. The number of aromatic nitrogens is 1. The fourth-order valence-electron chi connectivity index (χ4n) is 2.18. The van der Waals surface area contributed by atoms with Crippen molar-refractivity contribution in [2.75, 3.05) is 13.2 Å². The third kappa shape index (κ3) is 2.98. The van der Waals surface area contributed by atoms with Gasteiger partial charge in [0.15, 0.2) is 0 Å². The summed E-state index contributed by atoms with van der Waals surface area (Å²) in [5.41, 5.74) is 0.303. The highest BCUT2D eigenvalue weighted by molar-refractivity contribution is 6.31. The van der Waals surface area contributed by atoms with E-state index >= 15 is 0 Å². The molecule has 0 unspecified atom stereocenters. The minimum absolute atomic E-state index is 0.296. The van der Waals surface area contributed by atoms with Crippen molar-refractivity contribution < 1.29 is 14.6 Å². The minimum atomic E-state index is -0.979. The van der Waals surface area contributed by atoms with E-state index in [2.05, 4.69) is 4.98 Å². The number of aliphatic hydroxyl groups excluding tert-OH is 2. The van der Waals surface area contributed by atoms with Gasteiger partial charge in [-0.25, -0.2) is 4.39 Å². The Bertz CT molecular complexity index is 588. The van der Waals surface area contributed by atoms with Crippen molar-refractivity contribution in [1.29, 1.82) is 0 Å². The summed E-state index contributed by atoms with van der Waals surface area (Å²) < 4.78 is 13.4. The summed E-state index contributed by atoms with van der Waals surface area (Å²) in [6.45, 7) is -0.628. The Labute approximate surface area is 121 Å². The van der Waals surface area contributed by atoms with E-state index in [0.717, 1.165) is 5.56 Å². The maximum absolute atomic E-state index is 13.4. The first-order chi connectivity index (χ1) is 9.61. The Balaban J connectivity index is 2.42. The van der Waals surface area contributed by atoms with Crippen LogP contribution in [-0.2, 0) is 11.8 Å². The monoisotopic (exact) mass is 295 g/mol. The standard InChI is InChI=1S/C15H15ClFNO2/c16-14-8-18-5-4-11(14)7-15(9-19,10-20)12-2-1-3-13(17)6-12/h1-6,8,19-20H,7,9-10H2. The zero-order valence-electron chi connectivity index (χ0n) is 10.8. The molecule has 0 aliphatic carbocycles. The average Bonchev–Trinajstić information content (AvgIpc) is 2.47. The highest BCUT2D eigenvalue weighted by Crippen LogP contribution is 2.30. The molecule has 2 rings (SSSR count). The molecular weight excluding hydrogens is 281 g/mol. The van der Waals surface area contributed by atoms with Crippen LogP contribution in [-0.4, -0.2) is 28.4 Å². The van der Waals surface area contributed by atoms with Crippen LogP contribution in [0.25, 0.3) is 0 Å². The molecule has 20 heavy (non-hydrogen) atoms. The number of nitrogens with zero attached hydrogens (tertiary/aromatic N) is 1. The van der Waals surface area contributed by atoms with Gasteiger partial charge >= 0.3 is 0 Å². The lowest BCUT2D eigenvalue weighted by Crippen LogP contribution is -2.37. The van der Waals surface area contributed by atoms with Crippen LogP contribution < -0.4 is 0 Å². The van der Waals surface area contributed by atoms with Gasteiger partial charge in [-0.1, -0.05) is 23.7 Å². The molecule has 106 valence electrons. The quantitative estimate of drug-likeness (QED) is 0.890. The van der Waals surface area contributed by atoms with Crippen molar-refractivity contribution in [3.8, 4) is 0 Å². The fourth-order valence-corrected chi connectivity index (χ4v) is 2.36. The van der Waals surface area contributed by atoms with E-state index in [9.17, 15) is 14.6 Å². The molecule has 1 aromatic carbocycles. The number of rotatable bonds is 5. The summed E-state index contributed by atoms with van der Waals surface area (Å²) in [6, 6.07) is 7.61. The summed E-state index contributed by atoms with van der Waals surface area (Å²) >= 11 is 6.06. The molecular formula is C15H15ClFNO2. The zero-order chi connectivity index (χ0) is 14.6. The third-order valence-corrected chi connectivity index (χ3v) is 3.77. The van der Waals surface area contributed by atoms with E-state index in [1.807, 2.05) is 0 Å². The van der Waals surface area contributed by atoms with E-state index in [4.69, 9.17) is 11.6 Å².